The Labute approximate surface area is 95.5 Å². The van der Waals surface area contributed by atoms with E-state index in [1.54, 1.807) is 0 Å². The van der Waals surface area contributed by atoms with Gasteiger partial charge in [-0.2, -0.15) is 0 Å². The summed E-state index contributed by atoms with van der Waals surface area (Å²) in [6.45, 7) is 3.05. The predicted molar refractivity (Wildman–Crippen MR) is 62.3 cm³/mol. The third kappa shape index (κ3) is 2.59. The highest BCUT2D eigenvalue weighted by Gasteiger charge is 2.23. The molecular weight excluding hydrogens is 210 g/mol. The third-order valence-corrected chi connectivity index (χ3v) is 3.07. The molecule has 0 atom stereocenters. The zero-order chi connectivity index (χ0) is 10.8. The van der Waals surface area contributed by atoms with Crippen LogP contribution in [0.25, 0.3) is 0 Å². The first-order valence-electron chi connectivity index (χ1n) is 5.30. The molecule has 0 unspecified atom stereocenters. The maximum atomic E-state index is 5.76. The molecule has 1 aliphatic rings. The lowest BCUT2D eigenvalue weighted by atomic mass is 10.3. The summed E-state index contributed by atoms with van der Waals surface area (Å²) in [5.74, 6) is 2.15. The highest BCUT2D eigenvalue weighted by Crippen LogP contribution is 2.30. The zero-order valence-electron chi connectivity index (χ0n) is 9.20. The molecule has 0 aromatic carbocycles. The minimum atomic E-state index is 0.485. The van der Waals surface area contributed by atoms with E-state index < -0.39 is 0 Å². The molecule has 2 rings (SSSR count). The van der Waals surface area contributed by atoms with Gasteiger partial charge in [-0.3, -0.25) is 0 Å². The molecule has 4 heteroatoms. The van der Waals surface area contributed by atoms with E-state index in [2.05, 4.69) is 14.9 Å². The van der Waals surface area contributed by atoms with Crippen molar-refractivity contribution in [1.82, 2.24) is 9.97 Å². The number of halogens is 1. The summed E-state index contributed by atoms with van der Waals surface area (Å²) in [4.78, 5) is 10.9. The van der Waals surface area contributed by atoms with Gasteiger partial charge < -0.3 is 4.90 Å². The molecule has 3 nitrogen and oxygen atoms in total. The van der Waals surface area contributed by atoms with Crippen molar-refractivity contribution in [3.63, 3.8) is 0 Å². The van der Waals surface area contributed by atoms with Gasteiger partial charge in [0.1, 0.15) is 0 Å². The van der Waals surface area contributed by atoms with Crippen molar-refractivity contribution in [2.24, 2.45) is 5.92 Å². The summed E-state index contributed by atoms with van der Waals surface area (Å²) in [5.41, 5.74) is 2.00. The average molecular weight is 226 g/mol. The molecule has 1 aliphatic carbocycles. The van der Waals surface area contributed by atoms with E-state index in [4.69, 9.17) is 11.6 Å². The normalized spacial score (nSPS) is 15.4. The van der Waals surface area contributed by atoms with E-state index in [1.807, 2.05) is 20.2 Å². The van der Waals surface area contributed by atoms with Crippen molar-refractivity contribution in [2.45, 2.75) is 25.6 Å². The van der Waals surface area contributed by atoms with E-state index in [0.717, 1.165) is 29.7 Å². The van der Waals surface area contributed by atoms with Gasteiger partial charge in [0.25, 0.3) is 0 Å². The SMILES string of the molecule is Cc1nc(N(C)CC2CC2)ncc1CCl. The van der Waals surface area contributed by atoms with Gasteiger partial charge in [-0.1, -0.05) is 0 Å². The molecule has 1 fully saturated rings. The number of rotatable bonds is 4. The maximum Gasteiger partial charge on any atom is 0.225 e. The third-order valence-electron chi connectivity index (χ3n) is 2.78. The number of nitrogens with zero attached hydrogens (tertiary/aromatic N) is 3. The Hall–Kier alpha value is -0.830. The minimum absolute atomic E-state index is 0.485. The highest BCUT2D eigenvalue weighted by atomic mass is 35.5. The molecule has 1 aromatic rings. The number of aromatic nitrogens is 2. The summed E-state index contributed by atoms with van der Waals surface area (Å²) in [5, 5.41) is 0. The quantitative estimate of drug-likeness (QED) is 0.737. The fourth-order valence-electron chi connectivity index (χ4n) is 1.56. The van der Waals surface area contributed by atoms with Crippen molar-refractivity contribution in [3.8, 4) is 0 Å². The second-order valence-electron chi connectivity index (χ2n) is 4.24. The summed E-state index contributed by atoms with van der Waals surface area (Å²) < 4.78 is 0. The van der Waals surface area contributed by atoms with Crippen LogP contribution in [0.4, 0.5) is 5.95 Å². The Bertz CT molecular complexity index is 350. The van der Waals surface area contributed by atoms with Gasteiger partial charge >= 0.3 is 0 Å². The van der Waals surface area contributed by atoms with E-state index in [1.165, 1.54) is 12.8 Å². The van der Waals surface area contributed by atoms with Crippen LogP contribution in [0.3, 0.4) is 0 Å². The molecule has 1 aromatic heterocycles. The number of anilines is 1. The van der Waals surface area contributed by atoms with Crippen LogP contribution in [0.15, 0.2) is 6.20 Å². The standard InChI is InChI=1S/C11H16ClN3/c1-8-10(5-12)6-13-11(14-8)15(2)7-9-3-4-9/h6,9H,3-5,7H2,1-2H3. The van der Waals surface area contributed by atoms with Crippen LogP contribution in [0.2, 0.25) is 0 Å². The van der Waals surface area contributed by atoms with Gasteiger partial charge in [0.2, 0.25) is 5.95 Å². The Morgan fingerprint density at radius 3 is 2.80 bits per heavy atom. The van der Waals surface area contributed by atoms with Crippen molar-refractivity contribution in [3.05, 3.63) is 17.5 Å². The van der Waals surface area contributed by atoms with E-state index in [9.17, 15) is 0 Å². The molecule has 0 spiro atoms. The van der Waals surface area contributed by atoms with Gasteiger partial charge in [-0.25, -0.2) is 9.97 Å². The van der Waals surface area contributed by atoms with E-state index in [0.29, 0.717) is 5.88 Å². The number of aryl methyl sites for hydroxylation is 1. The topological polar surface area (TPSA) is 29.0 Å². The molecule has 0 aliphatic heterocycles. The average Bonchev–Trinajstić information content (AvgIpc) is 3.01. The van der Waals surface area contributed by atoms with Crippen LogP contribution in [-0.4, -0.2) is 23.6 Å². The molecule has 1 saturated carbocycles. The van der Waals surface area contributed by atoms with Crippen LogP contribution >= 0.6 is 11.6 Å². The molecule has 0 N–H and O–H groups in total. The lowest BCUT2D eigenvalue weighted by Gasteiger charge is -2.17. The zero-order valence-corrected chi connectivity index (χ0v) is 9.96. The largest absolute Gasteiger partial charge is 0.344 e. The summed E-state index contributed by atoms with van der Waals surface area (Å²) in [7, 11) is 2.05. The summed E-state index contributed by atoms with van der Waals surface area (Å²) in [6, 6.07) is 0. The predicted octanol–water partition coefficient (Wildman–Crippen LogP) is 2.37. The molecule has 0 saturated heterocycles. The number of hydrogen-bond donors (Lipinski definition) is 0. The summed E-state index contributed by atoms with van der Waals surface area (Å²) in [6.07, 6.45) is 4.53. The highest BCUT2D eigenvalue weighted by molar-refractivity contribution is 6.17. The van der Waals surface area contributed by atoms with E-state index >= 15 is 0 Å². The molecule has 0 amide bonds. The number of hydrogen-bond acceptors (Lipinski definition) is 3. The first kappa shape index (κ1) is 10.7. The van der Waals surface area contributed by atoms with Crippen LogP contribution in [0.1, 0.15) is 24.1 Å². The lowest BCUT2D eigenvalue weighted by Crippen LogP contribution is -2.22. The second kappa shape index (κ2) is 4.35. The lowest BCUT2D eigenvalue weighted by molar-refractivity contribution is 0.760. The molecule has 0 radical (unpaired) electrons. The monoisotopic (exact) mass is 225 g/mol. The fourth-order valence-corrected chi connectivity index (χ4v) is 1.83. The van der Waals surface area contributed by atoms with Crippen molar-refractivity contribution in [1.29, 1.82) is 0 Å². The molecule has 0 bridgehead atoms. The first-order chi connectivity index (χ1) is 7.20. The van der Waals surface area contributed by atoms with Gasteiger partial charge in [-0.15, -0.1) is 11.6 Å². The number of alkyl halides is 1. The van der Waals surface area contributed by atoms with E-state index in [-0.39, 0.29) is 0 Å². The van der Waals surface area contributed by atoms with Crippen molar-refractivity contribution in [2.75, 3.05) is 18.5 Å². The first-order valence-corrected chi connectivity index (χ1v) is 5.83. The molecule has 1 heterocycles. The second-order valence-corrected chi connectivity index (χ2v) is 4.51. The summed E-state index contributed by atoms with van der Waals surface area (Å²) >= 11 is 5.76. The van der Waals surface area contributed by atoms with Gasteiger partial charge in [-0.05, 0) is 25.7 Å². The van der Waals surface area contributed by atoms with Gasteiger partial charge in [0, 0.05) is 31.0 Å². The van der Waals surface area contributed by atoms with Crippen LogP contribution in [-0.2, 0) is 5.88 Å². The Kier molecular flexibility index (Phi) is 3.10. The van der Waals surface area contributed by atoms with Crippen molar-refractivity contribution < 1.29 is 0 Å². The Balaban J connectivity index is 2.09. The molecule has 82 valence electrons. The van der Waals surface area contributed by atoms with Crippen LogP contribution < -0.4 is 4.90 Å². The minimum Gasteiger partial charge on any atom is -0.344 e. The Morgan fingerprint density at radius 1 is 1.53 bits per heavy atom. The van der Waals surface area contributed by atoms with Gasteiger partial charge in [0.05, 0.1) is 5.88 Å². The van der Waals surface area contributed by atoms with Gasteiger partial charge in [0.15, 0.2) is 0 Å². The smallest absolute Gasteiger partial charge is 0.225 e. The molecular formula is C11H16ClN3. The molecule has 15 heavy (non-hydrogen) atoms. The fraction of sp³-hybridized carbons (Fsp3) is 0.636. The maximum absolute atomic E-state index is 5.76. The van der Waals surface area contributed by atoms with Crippen molar-refractivity contribution >= 4 is 17.5 Å². The van der Waals surface area contributed by atoms with Crippen LogP contribution in [0.5, 0.6) is 0 Å². The van der Waals surface area contributed by atoms with Crippen LogP contribution in [0, 0.1) is 12.8 Å². The Morgan fingerprint density at radius 2 is 2.27 bits per heavy atom.